The van der Waals surface area contributed by atoms with Crippen LogP contribution in [0.5, 0.6) is 0 Å². The zero-order valence-electron chi connectivity index (χ0n) is 17.5. The molecule has 1 aromatic carbocycles. The first-order valence-corrected chi connectivity index (χ1v) is 10.4. The molecule has 0 amide bonds. The fourth-order valence-electron chi connectivity index (χ4n) is 3.39. The smallest absolute Gasteiger partial charge is 0.132 e. The van der Waals surface area contributed by atoms with Crippen LogP contribution in [-0.2, 0) is 6.54 Å². The van der Waals surface area contributed by atoms with Gasteiger partial charge >= 0.3 is 0 Å². The zero-order valence-corrected chi connectivity index (χ0v) is 18.2. The molecule has 0 spiro atoms. The highest BCUT2D eigenvalue weighted by molar-refractivity contribution is 6.30. The summed E-state index contributed by atoms with van der Waals surface area (Å²) in [5, 5.41) is 4.94. The van der Waals surface area contributed by atoms with E-state index in [2.05, 4.69) is 40.1 Å². The van der Waals surface area contributed by atoms with Gasteiger partial charge in [-0.05, 0) is 69.0 Å². The first-order chi connectivity index (χ1) is 15.0. The summed E-state index contributed by atoms with van der Waals surface area (Å²) >= 11 is 6.05. The van der Waals surface area contributed by atoms with E-state index < -0.39 is 0 Å². The number of aromatic nitrogens is 4. The van der Waals surface area contributed by atoms with Crippen molar-refractivity contribution in [3.05, 3.63) is 78.2 Å². The van der Waals surface area contributed by atoms with Crippen LogP contribution < -0.4 is 0 Å². The molecule has 0 aliphatic heterocycles. The molecule has 0 N–H and O–H groups in total. The predicted octanol–water partition coefficient (Wildman–Crippen LogP) is 5.42. The summed E-state index contributed by atoms with van der Waals surface area (Å²) in [5.74, 6) is -0.359. The minimum atomic E-state index is -0.359. The number of aryl methyl sites for hydroxylation is 1. The van der Waals surface area contributed by atoms with E-state index in [0.717, 1.165) is 41.8 Å². The number of nitrogens with zero attached hydrogens (tertiary/aromatic N) is 5. The normalized spacial score (nSPS) is 11.3. The summed E-state index contributed by atoms with van der Waals surface area (Å²) in [5.41, 5.74) is 4.70. The zero-order chi connectivity index (χ0) is 21.8. The summed E-state index contributed by atoms with van der Waals surface area (Å²) in [7, 11) is 4.13. The van der Waals surface area contributed by atoms with Crippen molar-refractivity contribution in [1.82, 2.24) is 24.6 Å². The molecule has 0 saturated heterocycles. The summed E-state index contributed by atoms with van der Waals surface area (Å²) in [6, 6.07) is 10.3. The molecule has 0 aliphatic rings. The van der Waals surface area contributed by atoms with Gasteiger partial charge in [-0.3, -0.25) is 14.6 Å². The molecular formula is C24H23ClFN5. The van der Waals surface area contributed by atoms with Gasteiger partial charge in [0.1, 0.15) is 5.82 Å². The standard InChI is InChI=1S/C24H23ClFN5/c1-30(2)8-3-9-31-16-20(15-29-31)19-10-18(13-27-14-19)17-6-7-28-24(11-17)22-12-21(25)4-5-23(22)26/h4-7,10-16H,3,8-9H2,1-2H3. The van der Waals surface area contributed by atoms with Crippen LogP contribution in [-0.4, -0.2) is 45.3 Å². The van der Waals surface area contributed by atoms with Crippen LogP contribution in [0.3, 0.4) is 0 Å². The van der Waals surface area contributed by atoms with E-state index in [4.69, 9.17) is 11.6 Å². The minimum absolute atomic E-state index is 0.359. The molecule has 0 radical (unpaired) electrons. The highest BCUT2D eigenvalue weighted by Crippen LogP contribution is 2.29. The SMILES string of the molecule is CN(C)CCCn1cc(-c2cncc(-c3ccnc(-c4cc(Cl)ccc4F)c3)c2)cn1. The van der Waals surface area contributed by atoms with Crippen molar-refractivity contribution < 1.29 is 4.39 Å². The van der Waals surface area contributed by atoms with Gasteiger partial charge in [0, 0.05) is 58.6 Å². The van der Waals surface area contributed by atoms with Gasteiger partial charge in [-0.25, -0.2) is 4.39 Å². The quantitative estimate of drug-likeness (QED) is 0.389. The van der Waals surface area contributed by atoms with E-state index in [-0.39, 0.29) is 5.82 Å². The lowest BCUT2D eigenvalue weighted by Crippen LogP contribution is -2.15. The third-order valence-corrected chi connectivity index (χ3v) is 5.23. The molecule has 0 bridgehead atoms. The molecule has 0 unspecified atom stereocenters. The van der Waals surface area contributed by atoms with Gasteiger partial charge in [0.2, 0.25) is 0 Å². The lowest BCUT2D eigenvalue weighted by atomic mass is 10.0. The molecule has 4 aromatic rings. The Morgan fingerprint density at radius 2 is 1.77 bits per heavy atom. The number of benzene rings is 1. The Hall–Kier alpha value is -3.09. The second-order valence-corrected chi connectivity index (χ2v) is 8.10. The summed E-state index contributed by atoms with van der Waals surface area (Å²) in [4.78, 5) is 10.9. The van der Waals surface area contributed by atoms with Crippen LogP contribution >= 0.6 is 11.6 Å². The number of halogens is 2. The Bertz CT molecular complexity index is 1190. The second-order valence-electron chi connectivity index (χ2n) is 7.67. The summed E-state index contributed by atoms with van der Waals surface area (Å²) in [6.45, 7) is 1.88. The Morgan fingerprint density at radius 1 is 0.968 bits per heavy atom. The van der Waals surface area contributed by atoms with Crippen molar-refractivity contribution in [1.29, 1.82) is 0 Å². The lowest BCUT2D eigenvalue weighted by molar-refractivity contribution is 0.380. The Balaban J connectivity index is 1.59. The molecule has 3 heterocycles. The van der Waals surface area contributed by atoms with Gasteiger partial charge in [0.05, 0.1) is 11.9 Å². The molecule has 0 saturated carbocycles. The second kappa shape index (κ2) is 9.37. The van der Waals surface area contributed by atoms with Gasteiger partial charge in [-0.2, -0.15) is 5.10 Å². The molecule has 31 heavy (non-hydrogen) atoms. The molecule has 0 fully saturated rings. The Morgan fingerprint density at radius 3 is 2.58 bits per heavy atom. The largest absolute Gasteiger partial charge is 0.309 e. The Kier molecular flexibility index (Phi) is 6.39. The van der Waals surface area contributed by atoms with Gasteiger partial charge < -0.3 is 4.90 Å². The van der Waals surface area contributed by atoms with Crippen LogP contribution in [0.25, 0.3) is 33.5 Å². The van der Waals surface area contributed by atoms with Crippen LogP contribution in [0.2, 0.25) is 5.02 Å². The maximum atomic E-state index is 14.3. The molecule has 5 nitrogen and oxygen atoms in total. The van der Waals surface area contributed by atoms with Crippen LogP contribution in [0, 0.1) is 5.82 Å². The van der Waals surface area contributed by atoms with Crippen molar-refractivity contribution >= 4 is 11.6 Å². The summed E-state index contributed by atoms with van der Waals surface area (Å²) < 4.78 is 16.2. The average molecular weight is 436 g/mol. The average Bonchev–Trinajstić information content (AvgIpc) is 3.24. The Labute approximate surface area is 186 Å². The minimum Gasteiger partial charge on any atom is -0.309 e. The van der Waals surface area contributed by atoms with Crippen LogP contribution in [0.15, 0.2) is 67.4 Å². The maximum Gasteiger partial charge on any atom is 0.132 e. The number of hydrogen-bond acceptors (Lipinski definition) is 4. The molecule has 158 valence electrons. The number of hydrogen-bond donors (Lipinski definition) is 0. The third kappa shape index (κ3) is 5.16. The van der Waals surface area contributed by atoms with E-state index in [0.29, 0.717) is 16.3 Å². The first-order valence-electron chi connectivity index (χ1n) is 10.0. The number of pyridine rings is 2. The highest BCUT2D eigenvalue weighted by Gasteiger charge is 2.10. The van der Waals surface area contributed by atoms with Crippen molar-refractivity contribution in [3.63, 3.8) is 0 Å². The van der Waals surface area contributed by atoms with Gasteiger partial charge in [-0.15, -0.1) is 0 Å². The topological polar surface area (TPSA) is 46.8 Å². The first kappa shape index (κ1) is 21.2. The van der Waals surface area contributed by atoms with E-state index >= 15 is 0 Å². The third-order valence-electron chi connectivity index (χ3n) is 4.99. The van der Waals surface area contributed by atoms with E-state index in [1.165, 1.54) is 12.1 Å². The van der Waals surface area contributed by atoms with E-state index in [1.807, 2.05) is 35.4 Å². The summed E-state index contributed by atoms with van der Waals surface area (Å²) in [6.07, 6.45) is 10.2. The van der Waals surface area contributed by atoms with Crippen LogP contribution in [0.4, 0.5) is 4.39 Å². The molecule has 7 heteroatoms. The monoisotopic (exact) mass is 435 g/mol. The van der Waals surface area contributed by atoms with Gasteiger partial charge in [-0.1, -0.05) is 11.6 Å². The molecule has 0 aliphatic carbocycles. The van der Waals surface area contributed by atoms with Crippen LogP contribution in [0.1, 0.15) is 6.42 Å². The maximum absolute atomic E-state index is 14.3. The van der Waals surface area contributed by atoms with E-state index in [1.54, 1.807) is 18.5 Å². The molecular weight excluding hydrogens is 413 g/mol. The molecule has 0 atom stereocenters. The van der Waals surface area contributed by atoms with Gasteiger partial charge in [0.15, 0.2) is 0 Å². The van der Waals surface area contributed by atoms with E-state index in [9.17, 15) is 4.39 Å². The van der Waals surface area contributed by atoms with Crippen molar-refractivity contribution in [3.8, 4) is 33.5 Å². The lowest BCUT2D eigenvalue weighted by Gasteiger charge is -2.08. The molecule has 3 aromatic heterocycles. The molecule has 4 rings (SSSR count). The van der Waals surface area contributed by atoms with Crippen molar-refractivity contribution in [2.45, 2.75) is 13.0 Å². The fourth-order valence-corrected chi connectivity index (χ4v) is 3.56. The number of rotatable bonds is 7. The van der Waals surface area contributed by atoms with Crippen molar-refractivity contribution in [2.75, 3.05) is 20.6 Å². The highest BCUT2D eigenvalue weighted by atomic mass is 35.5. The van der Waals surface area contributed by atoms with Gasteiger partial charge in [0.25, 0.3) is 0 Å². The predicted molar refractivity (Wildman–Crippen MR) is 122 cm³/mol. The van der Waals surface area contributed by atoms with Crippen molar-refractivity contribution in [2.24, 2.45) is 0 Å². The fraction of sp³-hybridized carbons (Fsp3) is 0.208.